The molecule has 1 aliphatic heterocycles. The molecule has 5 heteroatoms. The number of carbonyl (C=O) groups is 1. The van der Waals surface area contributed by atoms with Gasteiger partial charge in [0.25, 0.3) is 5.78 Å². The van der Waals surface area contributed by atoms with Crippen molar-refractivity contribution in [1.82, 2.24) is 0 Å². The summed E-state index contributed by atoms with van der Waals surface area (Å²) in [7, 11) is 0. The number of carbonyl (C=O) groups excluding carboxylic acids is 1. The van der Waals surface area contributed by atoms with Crippen LogP contribution in [0.3, 0.4) is 0 Å². The van der Waals surface area contributed by atoms with Gasteiger partial charge in [-0.1, -0.05) is 0 Å². The smallest absolute Gasteiger partial charge is 0.253 e. The topological polar surface area (TPSA) is 72.5 Å². The molecule has 0 saturated heterocycles. The van der Waals surface area contributed by atoms with Crippen molar-refractivity contribution in [1.29, 1.82) is 0 Å². The molecule has 0 fully saturated rings. The molecule has 0 amide bonds. The van der Waals surface area contributed by atoms with Crippen LogP contribution in [0.25, 0.3) is 0 Å². The van der Waals surface area contributed by atoms with Gasteiger partial charge in [0.05, 0.1) is 0 Å². The van der Waals surface area contributed by atoms with E-state index in [2.05, 4.69) is 4.74 Å². The monoisotopic (exact) mass is 241 g/mol. The summed E-state index contributed by atoms with van der Waals surface area (Å²) in [6, 6.07) is 0. The van der Waals surface area contributed by atoms with Crippen molar-refractivity contribution in [2.45, 2.75) is 4.11 Å². The summed E-state index contributed by atoms with van der Waals surface area (Å²) in [5, 5.41) is 8.71. The highest BCUT2D eigenvalue weighted by atomic mass is 127. The molecule has 0 saturated carbocycles. The van der Waals surface area contributed by atoms with E-state index in [0.29, 0.717) is 0 Å². The summed E-state index contributed by atoms with van der Waals surface area (Å²) in [6.45, 7) is 0. The van der Waals surface area contributed by atoms with Gasteiger partial charge in [0.2, 0.25) is 15.8 Å². The van der Waals surface area contributed by atoms with E-state index in [9.17, 15) is 4.79 Å². The van der Waals surface area contributed by atoms with Gasteiger partial charge in [-0.25, -0.2) is 0 Å². The second kappa shape index (κ2) is 2.05. The van der Waals surface area contributed by atoms with Gasteiger partial charge in [-0.15, -0.1) is 0 Å². The zero-order chi connectivity index (χ0) is 7.02. The molecule has 1 heterocycles. The minimum atomic E-state index is -0.650. The number of rotatable bonds is 0. The first-order valence-electron chi connectivity index (χ1n) is 2.16. The maximum absolute atomic E-state index is 10.6. The first kappa shape index (κ1) is 6.66. The molecule has 0 aromatic rings. The molecule has 0 bridgehead atoms. The lowest BCUT2D eigenvalue weighted by Gasteiger charge is -1.96. The van der Waals surface area contributed by atoms with E-state index < -0.39 is 15.7 Å². The first-order chi connectivity index (χ1) is 4.13. The number of aliphatic hydroxyl groups excluding tert-OH is 1. The molecule has 9 heavy (non-hydrogen) atoms. The van der Waals surface area contributed by atoms with Gasteiger partial charge in [0.15, 0.2) is 0 Å². The summed E-state index contributed by atoms with van der Waals surface area (Å²) in [5.41, 5.74) is 5.04. The number of hydrogen-bond donors (Lipinski definition) is 2. The van der Waals surface area contributed by atoms with Gasteiger partial charge in [0.1, 0.15) is 0 Å². The van der Waals surface area contributed by atoms with Crippen molar-refractivity contribution >= 4 is 28.4 Å². The van der Waals surface area contributed by atoms with Crippen LogP contribution in [-0.4, -0.2) is 15.0 Å². The van der Waals surface area contributed by atoms with E-state index >= 15 is 0 Å². The number of halogens is 1. The average Bonchev–Trinajstić information content (AvgIpc) is 1.98. The highest BCUT2D eigenvalue weighted by Gasteiger charge is 2.31. The van der Waals surface area contributed by atoms with E-state index in [1.54, 1.807) is 22.6 Å². The van der Waals surface area contributed by atoms with E-state index in [0.717, 1.165) is 0 Å². The van der Waals surface area contributed by atoms with Crippen LogP contribution in [0.4, 0.5) is 0 Å². The Bertz CT molecular complexity index is 188. The molecule has 0 aromatic carbocycles. The average molecular weight is 241 g/mol. The zero-order valence-corrected chi connectivity index (χ0v) is 6.45. The standard InChI is InChI=1S/C4H4INO3/c5-3-1(7)2(8)4(6)9-3/h3,8H,6H2. The largest absolute Gasteiger partial charge is 0.501 e. The van der Waals surface area contributed by atoms with Crippen LogP contribution in [0.5, 0.6) is 0 Å². The van der Waals surface area contributed by atoms with Crippen molar-refractivity contribution in [3.05, 3.63) is 11.6 Å². The molecule has 0 aliphatic carbocycles. The van der Waals surface area contributed by atoms with Crippen LogP contribution in [0.2, 0.25) is 0 Å². The molecule has 1 unspecified atom stereocenters. The summed E-state index contributed by atoms with van der Waals surface area (Å²) >= 11 is 1.73. The fourth-order valence-electron chi connectivity index (χ4n) is 0.450. The van der Waals surface area contributed by atoms with Crippen molar-refractivity contribution < 1.29 is 14.6 Å². The Morgan fingerprint density at radius 2 is 2.33 bits per heavy atom. The SMILES string of the molecule is NC1=C(O)C(=O)C(I)O1. The van der Waals surface area contributed by atoms with Crippen molar-refractivity contribution in [2.24, 2.45) is 5.73 Å². The van der Waals surface area contributed by atoms with Gasteiger partial charge in [0, 0.05) is 0 Å². The number of Topliss-reactive ketones (excluding diaryl/α,β-unsaturated/α-hetero) is 1. The van der Waals surface area contributed by atoms with E-state index in [4.69, 9.17) is 10.8 Å². The number of hydrogen-bond acceptors (Lipinski definition) is 4. The van der Waals surface area contributed by atoms with Crippen molar-refractivity contribution in [3.63, 3.8) is 0 Å². The predicted octanol–water partition coefficient (Wildman–Crippen LogP) is 0.0326. The van der Waals surface area contributed by atoms with Crippen LogP contribution >= 0.6 is 22.6 Å². The normalized spacial score (nSPS) is 26.8. The number of ketones is 1. The zero-order valence-electron chi connectivity index (χ0n) is 4.30. The Morgan fingerprint density at radius 3 is 2.44 bits per heavy atom. The number of alkyl halides is 1. The lowest BCUT2D eigenvalue weighted by atomic mass is 10.4. The van der Waals surface area contributed by atoms with Gasteiger partial charge < -0.3 is 15.6 Å². The lowest BCUT2D eigenvalue weighted by Crippen LogP contribution is -2.09. The maximum Gasteiger partial charge on any atom is 0.253 e. The van der Waals surface area contributed by atoms with E-state index in [1.807, 2.05) is 0 Å². The van der Waals surface area contributed by atoms with E-state index in [-0.39, 0.29) is 5.88 Å². The molecule has 50 valence electrons. The Morgan fingerprint density at radius 1 is 1.78 bits per heavy atom. The Hall–Kier alpha value is -0.460. The van der Waals surface area contributed by atoms with Gasteiger partial charge in [-0.3, -0.25) is 4.79 Å². The van der Waals surface area contributed by atoms with Crippen LogP contribution in [0, 0.1) is 0 Å². The second-order valence-corrected chi connectivity index (χ2v) is 2.64. The molecular formula is C4H4INO3. The molecule has 0 aromatic heterocycles. The van der Waals surface area contributed by atoms with Crippen molar-refractivity contribution in [3.8, 4) is 0 Å². The van der Waals surface area contributed by atoms with Gasteiger partial charge >= 0.3 is 0 Å². The quantitative estimate of drug-likeness (QED) is 0.463. The minimum Gasteiger partial charge on any atom is -0.501 e. The fraction of sp³-hybridized carbons (Fsp3) is 0.250. The molecular weight excluding hydrogens is 237 g/mol. The molecule has 0 radical (unpaired) electrons. The summed E-state index contributed by atoms with van der Waals surface area (Å²) in [5.74, 6) is -1.11. The lowest BCUT2D eigenvalue weighted by molar-refractivity contribution is -0.119. The highest BCUT2D eigenvalue weighted by Crippen LogP contribution is 2.20. The van der Waals surface area contributed by atoms with Gasteiger partial charge in [-0.2, -0.15) is 0 Å². The summed E-state index contributed by atoms with van der Waals surface area (Å²) < 4.78 is 3.98. The Balaban J connectivity index is 2.87. The third-order valence-corrected chi connectivity index (χ3v) is 1.72. The van der Waals surface area contributed by atoms with Crippen LogP contribution < -0.4 is 5.73 Å². The third-order valence-electron chi connectivity index (χ3n) is 0.903. The minimum absolute atomic E-state index is 0.181. The van der Waals surface area contributed by atoms with Gasteiger partial charge in [-0.05, 0) is 22.6 Å². The first-order valence-corrected chi connectivity index (χ1v) is 3.41. The molecule has 1 rings (SSSR count). The molecule has 1 atom stereocenters. The molecule has 0 spiro atoms. The number of ether oxygens (including phenoxy) is 1. The predicted molar refractivity (Wildman–Crippen MR) is 37.7 cm³/mol. The number of aliphatic hydroxyl groups is 1. The number of nitrogens with two attached hydrogens (primary N) is 1. The maximum atomic E-state index is 10.6. The summed E-state index contributed by atoms with van der Waals surface area (Å²) in [6.07, 6.45) is 0. The fourth-order valence-corrected chi connectivity index (χ4v) is 1.02. The van der Waals surface area contributed by atoms with E-state index in [1.165, 1.54) is 0 Å². The van der Waals surface area contributed by atoms with Crippen molar-refractivity contribution in [2.75, 3.05) is 0 Å². The Kier molecular flexibility index (Phi) is 1.52. The molecule has 1 aliphatic rings. The highest BCUT2D eigenvalue weighted by molar-refractivity contribution is 14.1. The third kappa shape index (κ3) is 0.958. The van der Waals surface area contributed by atoms with Crippen LogP contribution in [-0.2, 0) is 9.53 Å². The van der Waals surface area contributed by atoms with Crippen LogP contribution in [0.1, 0.15) is 0 Å². The Labute approximate surface area is 64.8 Å². The second-order valence-electron chi connectivity index (χ2n) is 1.51. The molecule has 4 nitrogen and oxygen atoms in total. The van der Waals surface area contributed by atoms with Crippen LogP contribution in [0.15, 0.2) is 11.6 Å². The summed E-state index contributed by atoms with van der Waals surface area (Å²) in [4.78, 5) is 10.6. The molecule has 3 N–H and O–H groups in total.